The Morgan fingerprint density at radius 3 is 2.76 bits per heavy atom. The summed E-state index contributed by atoms with van der Waals surface area (Å²) in [5, 5.41) is 0.968. The van der Waals surface area contributed by atoms with Gasteiger partial charge in [0.1, 0.15) is 5.75 Å². The highest BCUT2D eigenvalue weighted by Gasteiger charge is 2.04. The molecule has 2 rings (SSSR count). The summed E-state index contributed by atoms with van der Waals surface area (Å²) in [4.78, 5) is 4.54. The zero-order chi connectivity index (χ0) is 12.3. The Kier molecular flexibility index (Phi) is 3.47. The summed E-state index contributed by atoms with van der Waals surface area (Å²) in [6.45, 7) is 4.89. The number of ether oxygens (including phenoxy) is 1. The molecule has 1 aromatic carbocycles. The lowest BCUT2D eigenvalue weighted by atomic mass is 10.1. The van der Waals surface area contributed by atoms with E-state index in [1.54, 1.807) is 0 Å². The van der Waals surface area contributed by atoms with E-state index in [9.17, 15) is 0 Å². The van der Waals surface area contributed by atoms with E-state index in [1.165, 1.54) is 0 Å². The summed E-state index contributed by atoms with van der Waals surface area (Å²) in [6.07, 6.45) is 1.90. The van der Waals surface area contributed by atoms with Crippen LogP contribution in [-0.2, 0) is 6.42 Å². The molecule has 0 aliphatic carbocycles. The molecule has 3 heteroatoms. The topological polar surface area (TPSA) is 48.1 Å². The Bertz CT molecular complexity index is 523. The van der Waals surface area contributed by atoms with Gasteiger partial charge in [0.25, 0.3) is 0 Å². The summed E-state index contributed by atoms with van der Waals surface area (Å²) in [5.41, 5.74) is 8.77. The smallest absolute Gasteiger partial charge is 0.120 e. The molecular formula is C14H18N2O. The molecule has 0 amide bonds. The number of hydrogen-bond donors (Lipinski definition) is 1. The Hall–Kier alpha value is -1.77. The molecule has 2 aromatic rings. The summed E-state index contributed by atoms with van der Waals surface area (Å²) >= 11 is 0. The maximum atomic E-state index is 6.03. The van der Waals surface area contributed by atoms with Crippen LogP contribution in [0.15, 0.2) is 24.3 Å². The molecule has 0 fully saturated rings. The third kappa shape index (κ3) is 2.49. The number of benzene rings is 1. The average Bonchev–Trinajstić information content (AvgIpc) is 2.36. The van der Waals surface area contributed by atoms with Gasteiger partial charge in [0, 0.05) is 16.8 Å². The van der Waals surface area contributed by atoms with Crippen LogP contribution in [0.25, 0.3) is 10.9 Å². The standard InChI is InChI=1S/C14H18N2O/c1-3-7-17-11-5-6-14-12(9-11)13(15)8-10(4-2)16-14/h5-6,8-9H,3-4,7H2,1-2H3,(H2,15,16). The maximum absolute atomic E-state index is 6.03. The van der Waals surface area contributed by atoms with Crippen LogP contribution in [0.1, 0.15) is 26.0 Å². The quantitative estimate of drug-likeness (QED) is 0.877. The second-order valence-corrected chi connectivity index (χ2v) is 4.08. The molecule has 3 nitrogen and oxygen atoms in total. The number of nitrogens with zero attached hydrogens (tertiary/aromatic N) is 1. The first kappa shape index (κ1) is 11.7. The Labute approximate surface area is 102 Å². The second-order valence-electron chi connectivity index (χ2n) is 4.08. The highest BCUT2D eigenvalue weighted by atomic mass is 16.5. The van der Waals surface area contributed by atoms with Gasteiger partial charge in [0.15, 0.2) is 0 Å². The monoisotopic (exact) mass is 230 g/mol. The van der Waals surface area contributed by atoms with E-state index < -0.39 is 0 Å². The molecule has 17 heavy (non-hydrogen) atoms. The number of aromatic nitrogens is 1. The molecule has 0 bridgehead atoms. The number of fused-ring (bicyclic) bond motifs is 1. The van der Waals surface area contributed by atoms with Crippen LogP contribution in [0.4, 0.5) is 5.69 Å². The van der Waals surface area contributed by atoms with E-state index in [2.05, 4.69) is 18.8 Å². The zero-order valence-electron chi connectivity index (χ0n) is 10.4. The van der Waals surface area contributed by atoms with Crippen LogP contribution in [0.2, 0.25) is 0 Å². The summed E-state index contributed by atoms with van der Waals surface area (Å²) in [5.74, 6) is 0.858. The van der Waals surface area contributed by atoms with E-state index in [0.29, 0.717) is 0 Å². The first-order chi connectivity index (χ1) is 8.24. The molecule has 1 heterocycles. The van der Waals surface area contributed by atoms with Crippen molar-refractivity contribution in [3.8, 4) is 5.75 Å². The molecule has 0 aliphatic rings. The van der Waals surface area contributed by atoms with Crippen molar-refractivity contribution in [3.63, 3.8) is 0 Å². The number of hydrogen-bond acceptors (Lipinski definition) is 3. The molecule has 0 radical (unpaired) electrons. The van der Waals surface area contributed by atoms with Gasteiger partial charge in [-0.05, 0) is 37.1 Å². The van der Waals surface area contributed by atoms with E-state index in [1.807, 2.05) is 24.3 Å². The number of rotatable bonds is 4. The lowest BCUT2D eigenvalue weighted by Gasteiger charge is -2.08. The minimum Gasteiger partial charge on any atom is -0.494 e. The highest BCUT2D eigenvalue weighted by molar-refractivity contribution is 5.91. The van der Waals surface area contributed by atoms with Crippen molar-refractivity contribution < 1.29 is 4.74 Å². The van der Waals surface area contributed by atoms with Gasteiger partial charge in [-0.15, -0.1) is 0 Å². The first-order valence-electron chi connectivity index (χ1n) is 6.06. The molecule has 0 aliphatic heterocycles. The zero-order valence-corrected chi connectivity index (χ0v) is 10.4. The fourth-order valence-corrected chi connectivity index (χ4v) is 1.78. The summed E-state index contributed by atoms with van der Waals surface area (Å²) in [6, 6.07) is 7.82. The maximum Gasteiger partial charge on any atom is 0.120 e. The number of nitrogens with two attached hydrogens (primary N) is 1. The lowest BCUT2D eigenvalue weighted by Crippen LogP contribution is -1.97. The molecule has 0 spiro atoms. The summed E-state index contributed by atoms with van der Waals surface area (Å²) in [7, 11) is 0. The molecular weight excluding hydrogens is 212 g/mol. The van der Waals surface area contributed by atoms with E-state index in [0.717, 1.165) is 47.5 Å². The fourth-order valence-electron chi connectivity index (χ4n) is 1.78. The Balaban J connectivity index is 2.43. The van der Waals surface area contributed by atoms with Gasteiger partial charge in [-0.3, -0.25) is 4.98 Å². The number of nitrogen functional groups attached to an aromatic ring is 1. The predicted molar refractivity (Wildman–Crippen MR) is 71.3 cm³/mol. The fraction of sp³-hybridized carbons (Fsp3) is 0.357. The van der Waals surface area contributed by atoms with Crippen LogP contribution in [0.3, 0.4) is 0 Å². The van der Waals surface area contributed by atoms with Gasteiger partial charge in [0.2, 0.25) is 0 Å². The third-order valence-electron chi connectivity index (χ3n) is 2.70. The van der Waals surface area contributed by atoms with Gasteiger partial charge in [0.05, 0.1) is 12.1 Å². The van der Waals surface area contributed by atoms with Crippen molar-refractivity contribution in [3.05, 3.63) is 30.0 Å². The Morgan fingerprint density at radius 2 is 2.06 bits per heavy atom. The van der Waals surface area contributed by atoms with Crippen LogP contribution in [-0.4, -0.2) is 11.6 Å². The van der Waals surface area contributed by atoms with Crippen molar-refractivity contribution in [1.29, 1.82) is 0 Å². The number of anilines is 1. The predicted octanol–water partition coefficient (Wildman–Crippen LogP) is 3.17. The van der Waals surface area contributed by atoms with E-state index in [4.69, 9.17) is 10.5 Å². The molecule has 0 saturated heterocycles. The molecule has 0 unspecified atom stereocenters. The second kappa shape index (κ2) is 5.04. The van der Waals surface area contributed by atoms with E-state index >= 15 is 0 Å². The minimum absolute atomic E-state index is 0.728. The molecule has 1 aromatic heterocycles. The van der Waals surface area contributed by atoms with Crippen molar-refractivity contribution >= 4 is 16.6 Å². The summed E-state index contributed by atoms with van der Waals surface area (Å²) < 4.78 is 5.59. The number of pyridine rings is 1. The van der Waals surface area contributed by atoms with Crippen molar-refractivity contribution in [1.82, 2.24) is 4.98 Å². The Morgan fingerprint density at radius 1 is 1.24 bits per heavy atom. The largest absolute Gasteiger partial charge is 0.494 e. The van der Waals surface area contributed by atoms with Gasteiger partial charge < -0.3 is 10.5 Å². The van der Waals surface area contributed by atoms with Gasteiger partial charge in [-0.2, -0.15) is 0 Å². The van der Waals surface area contributed by atoms with Crippen LogP contribution in [0, 0.1) is 0 Å². The van der Waals surface area contributed by atoms with Crippen molar-refractivity contribution in [2.75, 3.05) is 12.3 Å². The minimum atomic E-state index is 0.728. The van der Waals surface area contributed by atoms with Gasteiger partial charge >= 0.3 is 0 Å². The molecule has 0 atom stereocenters. The lowest BCUT2D eigenvalue weighted by molar-refractivity contribution is 0.318. The van der Waals surface area contributed by atoms with Crippen molar-refractivity contribution in [2.24, 2.45) is 0 Å². The van der Waals surface area contributed by atoms with Crippen LogP contribution < -0.4 is 10.5 Å². The SMILES string of the molecule is CCCOc1ccc2nc(CC)cc(N)c2c1. The highest BCUT2D eigenvalue weighted by Crippen LogP contribution is 2.25. The molecule has 2 N–H and O–H groups in total. The third-order valence-corrected chi connectivity index (χ3v) is 2.70. The van der Waals surface area contributed by atoms with Crippen LogP contribution >= 0.6 is 0 Å². The van der Waals surface area contributed by atoms with Gasteiger partial charge in [-0.1, -0.05) is 13.8 Å². The molecule has 90 valence electrons. The molecule has 0 saturated carbocycles. The van der Waals surface area contributed by atoms with Gasteiger partial charge in [-0.25, -0.2) is 0 Å². The number of aryl methyl sites for hydroxylation is 1. The van der Waals surface area contributed by atoms with E-state index in [-0.39, 0.29) is 0 Å². The average molecular weight is 230 g/mol. The van der Waals surface area contributed by atoms with Crippen LogP contribution in [0.5, 0.6) is 5.75 Å². The van der Waals surface area contributed by atoms with Crippen molar-refractivity contribution in [2.45, 2.75) is 26.7 Å². The first-order valence-corrected chi connectivity index (χ1v) is 6.06. The normalized spacial score (nSPS) is 10.7.